The summed E-state index contributed by atoms with van der Waals surface area (Å²) < 4.78 is 4.48. The van der Waals surface area contributed by atoms with Crippen LogP contribution in [0.5, 0.6) is 0 Å². The molecule has 2 aromatic carbocycles. The Balaban J connectivity index is 1.20. The van der Waals surface area contributed by atoms with Crippen LogP contribution in [-0.2, 0) is 6.54 Å². The molecule has 5 heterocycles. The predicted octanol–water partition coefficient (Wildman–Crippen LogP) is 5.64. The first-order chi connectivity index (χ1) is 19.1. The van der Waals surface area contributed by atoms with E-state index in [0.717, 1.165) is 72.2 Å². The highest BCUT2D eigenvalue weighted by atomic mass is 32.2. The number of hydrogen-bond donors (Lipinski definition) is 1. The molecule has 0 bridgehead atoms. The number of likely N-dealkylation sites (tertiary alicyclic amines) is 1. The number of fused-ring (bicyclic) bond motifs is 1. The van der Waals surface area contributed by atoms with Crippen LogP contribution in [-0.4, -0.2) is 54.9 Å². The summed E-state index contributed by atoms with van der Waals surface area (Å²) in [6, 6.07) is 26.8. The first kappa shape index (κ1) is 24.1. The Kier molecular flexibility index (Phi) is 5.96. The second-order valence-corrected chi connectivity index (χ2v) is 11.6. The molecule has 194 valence electrons. The Hall–Kier alpha value is -3.98. The van der Waals surface area contributed by atoms with Gasteiger partial charge in [-0.15, -0.1) is 0 Å². The second kappa shape index (κ2) is 9.64. The van der Waals surface area contributed by atoms with Crippen LogP contribution in [0.25, 0.3) is 39.5 Å². The van der Waals surface area contributed by atoms with Gasteiger partial charge in [0.25, 0.3) is 0 Å². The maximum absolute atomic E-state index is 6.31. The summed E-state index contributed by atoms with van der Waals surface area (Å²) >= 11 is 1.73. The Labute approximate surface area is 232 Å². The lowest BCUT2D eigenvalue weighted by molar-refractivity contribution is -0.0808. The van der Waals surface area contributed by atoms with Gasteiger partial charge in [-0.05, 0) is 47.4 Å². The molecule has 2 aliphatic heterocycles. The Morgan fingerprint density at radius 1 is 0.897 bits per heavy atom. The minimum Gasteiger partial charge on any atom is -0.383 e. The van der Waals surface area contributed by atoms with Crippen molar-refractivity contribution in [3.05, 3.63) is 103 Å². The van der Waals surface area contributed by atoms with Gasteiger partial charge in [0.05, 0.1) is 11.3 Å². The zero-order valence-electron chi connectivity index (χ0n) is 21.6. The van der Waals surface area contributed by atoms with Gasteiger partial charge in [-0.2, -0.15) is 0 Å². The van der Waals surface area contributed by atoms with E-state index in [-0.39, 0.29) is 0 Å². The van der Waals surface area contributed by atoms with Crippen molar-refractivity contribution >= 4 is 28.9 Å². The Morgan fingerprint density at radius 2 is 1.69 bits per heavy atom. The van der Waals surface area contributed by atoms with Crippen molar-refractivity contribution in [1.29, 1.82) is 0 Å². The maximum atomic E-state index is 6.31. The SMILES string of the molecule is C=CSN1CC2(CN(Cc3ccc(-n4c(-c5cccnc5N)nc5ccc(-c6ccccc6)nc54)cc3)C2)C1. The first-order valence-corrected chi connectivity index (χ1v) is 13.9. The summed E-state index contributed by atoms with van der Waals surface area (Å²) in [6.07, 6.45) is 1.70. The largest absolute Gasteiger partial charge is 0.383 e. The molecule has 1 spiro atoms. The van der Waals surface area contributed by atoms with E-state index in [4.69, 9.17) is 15.7 Å². The monoisotopic (exact) mass is 531 g/mol. The molecule has 0 saturated carbocycles. The van der Waals surface area contributed by atoms with E-state index >= 15 is 0 Å². The third-order valence-electron chi connectivity index (χ3n) is 7.62. The molecule has 0 aliphatic carbocycles. The fourth-order valence-corrected chi connectivity index (χ4v) is 6.77. The van der Waals surface area contributed by atoms with Gasteiger partial charge >= 0.3 is 0 Å². The topological polar surface area (TPSA) is 76.1 Å². The number of nitrogens with zero attached hydrogens (tertiary/aromatic N) is 6. The van der Waals surface area contributed by atoms with Crippen molar-refractivity contribution < 1.29 is 0 Å². The third kappa shape index (κ3) is 4.40. The summed E-state index contributed by atoms with van der Waals surface area (Å²) in [5.74, 6) is 1.18. The Morgan fingerprint density at radius 3 is 2.44 bits per heavy atom. The average molecular weight is 532 g/mol. The lowest BCUT2D eigenvalue weighted by Crippen LogP contribution is -2.69. The highest BCUT2D eigenvalue weighted by Crippen LogP contribution is 2.43. The summed E-state index contributed by atoms with van der Waals surface area (Å²) in [6.45, 7) is 9.41. The minimum atomic E-state index is 0.446. The summed E-state index contributed by atoms with van der Waals surface area (Å²) in [5, 5.41) is 1.92. The average Bonchev–Trinajstić information content (AvgIpc) is 3.30. The number of nitrogens with two attached hydrogens (primary N) is 1. The summed E-state index contributed by atoms with van der Waals surface area (Å²) in [4.78, 5) is 16.9. The van der Waals surface area contributed by atoms with Crippen LogP contribution in [0.1, 0.15) is 5.56 Å². The molecule has 7 rings (SSSR count). The van der Waals surface area contributed by atoms with Crippen LogP contribution in [0.2, 0.25) is 0 Å². The van der Waals surface area contributed by atoms with Gasteiger partial charge in [-0.1, -0.05) is 61.0 Å². The smallest absolute Gasteiger partial charge is 0.165 e. The van der Waals surface area contributed by atoms with Gasteiger partial charge in [0.2, 0.25) is 0 Å². The van der Waals surface area contributed by atoms with Crippen LogP contribution < -0.4 is 5.73 Å². The summed E-state index contributed by atoms with van der Waals surface area (Å²) in [7, 11) is 0. The van der Waals surface area contributed by atoms with Gasteiger partial charge in [0, 0.05) is 55.6 Å². The van der Waals surface area contributed by atoms with Crippen LogP contribution >= 0.6 is 11.9 Å². The van der Waals surface area contributed by atoms with Gasteiger partial charge in [-0.3, -0.25) is 9.47 Å². The molecule has 8 heteroatoms. The zero-order chi connectivity index (χ0) is 26.4. The lowest BCUT2D eigenvalue weighted by atomic mass is 9.74. The van der Waals surface area contributed by atoms with E-state index in [2.05, 4.69) is 61.7 Å². The molecular weight excluding hydrogens is 502 g/mol. The summed E-state index contributed by atoms with van der Waals surface area (Å²) in [5.41, 5.74) is 13.4. The zero-order valence-corrected chi connectivity index (χ0v) is 22.4. The van der Waals surface area contributed by atoms with E-state index < -0.39 is 0 Å². The van der Waals surface area contributed by atoms with E-state index in [1.807, 2.05) is 47.9 Å². The number of hydrogen-bond acceptors (Lipinski definition) is 7. The number of aromatic nitrogens is 4. The third-order valence-corrected chi connectivity index (χ3v) is 8.32. The normalized spacial score (nSPS) is 16.7. The minimum absolute atomic E-state index is 0.446. The molecular formula is C31H29N7S. The molecule has 0 unspecified atom stereocenters. The fraction of sp³-hybridized carbons (Fsp3) is 0.194. The highest BCUT2D eigenvalue weighted by molar-refractivity contribution is 7.99. The molecule has 2 saturated heterocycles. The molecule has 7 nitrogen and oxygen atoms in total. The molecule has 5 aromatic rings. The molecule has 0 atom stereocenters. The van der Waals surface area contributed by atoms with Crippen molar-refractivity contribution in [3.8, 4) is 28.3 Å². The van der Waals surface area contributed by atoms with Gasteiger partial charge in [0.15, 0.2) is 11.5 Å². The number of imidazole rings is 1. The van der Waals surface area contributed by atoms with E-state index in [0.29, 0.717) is 11.2 Å². The van der Waals surface area contributed by atoms with Crippen molar-refractivity contribution in [2.24, 2.45) is 5.41 Å². The number of anilines is 1. The number of benzene rings is 2. The lowest BCUT2D eigenvalue weighted by Gasteiger charge is -2.59. The number of nitrogen functional groups attached to an aromatic ring is 1. The molecule has 2 N–H and O–H groups in total. The molecule has 3 aromatic heterocycles. The van der Waals surface area contributed by atoms with E-state index in [9.17, 15) is 0 Å². The predicted molar refractivity (Wildman–Crippen MR) is 159 cm³/mol. The quantitative estimate of drug-likeness (QED) is 0.272. The molecule has 0 amide bonds. The van der Waals surface area contributed by atoms with Crippen LogP contribution in [0.4, 0.5) is 5.82 Å². The second-order valence-electron chi connectivity index (χ2n) is 10.5. The fourth-order valence-electron chi connectivity index (χ4n) is 5.86. The van der Waals surface area contributed by atoms with E-state index in [1.165, 1.54) is 5.56 Å². The van der Waals surface area contributed by atoms with Crippen molar-refractivity contribution in [3.63, 3.8) is 0 Å². The van der Waals surface area contributed by atoms with Crippen molar-refractivity contribution in [2.45, 2.75) is 6.54 Å². The van der Waals surface area contributed by atoms with E-state index in [1.54, 1.807) is 18.1 Å². The van der Waals surface area contributed by atoms with Gasteiger partial charge in [-0.25, -0.2) is 19.3 Å². The Bertz CT molecular complexity index is 1650. The van der Waals surface area contributed by atoms with Crippen LogP contribution in [0.15, 0.2) is 97.0 Å². The molecule has 2 aliphatic rings. The van der Waals surface area contributed by atoms with Gasteiger partial charge in [0.1, 0.15) is 11.3 Å². The van der Waals surface area contributed by atoms with Crippen LogP contribution in [0.3, 0.4) is 0 Å². The maximum Gasteiger partial charge on any atom is 0.165 e. The number of pyridine rings is 2. The molecule has 0 radical (unpaired) electrons. The molecule has 39 heavy (non-hydrogen) atoms. The molecule has 2 fully saturated rings. The van der Waals surface area contributed by atoms with Crippen molar-refractivity contribution in [1.82, 2.24) is 28.7 Å². The first-order valence-electron chi connectivity index (χ1n) is 13.1. The van der Waals surface area contributed by atoms with Crippen molar-refractivity contribution in [2.75, 3.05) is 31.9 Å². The number of rotatable bonds is 7. The van der Waals surface area contributed by atoms with Gasteiger partial charge < -0.3 is 5.73 Å². The van der Waals surface area contributed by atoms with Crippen LogP contribution in [0, 0.1) is 5.41 Å². The standard InChI is InChI=1S/C31H29N7S/c1-2-39-37-20-31(21-37)18-36(19-31)17-22-10-12-24(13-11-22)38-29(25-9-6-16-33-28(25)32)35-27-15-14-26(34-30(27)38)23-7-4-3-5-8-23/h2-16H,1,17-21H2,(H2,32,33). The highest BCUT2D eigenvalue weighted by Gasteiger charge is 2.51.